The number of nitrogens with one attached hydrogen (secondary N) is 2. The lowest BCUT2D eigenvalue weighted by Gasteiger charge is -2.17. The lowest BCUT2D eigenvalue weighted by molar-refractivity contribution is -0.384. The Hall–Kier alpha value is -5.32. The molecule has 8 nitrogen and oxygen atoms in total. The van der Waals surface area contributed by atoms with Crippen molar-refractivity contribution in [2.45, 2.75) is 10.1 Å². The second kappa shape index (κ2) is 12.9. The van der Waals surface area contributed by atoms with Crippen LogP contribution in [0.4, 0.5) is 16.5 Å². The number of non-ortho nitro benzene ring substituents is 1. The van der Waals surface area contributed by atoms with E-state index in [9.17, 15) is 19.7 Å². The van der Waals surface area contributed by atoms with Gasteiger partial charge in [-0.2, -0.15) is 0 Å². The zero-order chi connectivity index (χ0) is 30.5. The molecule has 2 amide bonds. The number of amides is 2. The Morgan fingerprint density at radius 1 is 0.795 bits per heavy atom. The SMILES string of the molecule is O=C(Nc1cccc(SC(C(=O)Nc2nc(-c3ccc4ccccc4c3)cs2)c2ccccc2)c1)c1cccc([N+](=O)[O-])c1. The number of rotatable bonds is 9. The van der Waals surface area contributed by atoms with Crippen LogP contribution in [0.5, 0.6) is 0 Å². The average molecular weight is 617 g/mol. The summed E-state index contributed by atoms with van der Waals surface area (Å²) in [5.41, 5.74) is 3.07. The molecule has 216 valence electrons. The number of fused-ring (bicyclic) bond motifs is 1. The van der Waals surface area contributed by atoms with Gasteiger partial charge >= 0.3 is 0 Å². The maximum atomic E-state index is 13.7. The molecule has 0 radical (unpaired) electrons. The number of carbonyl (C=O) groups is 2. The summed E-state index contributed by atoms with van der Waals surface area (Å²) in [4.78, 5) is 42.5. The molecule has 0 aliphatic rings. The highest BCUT2D eigenvalue weighted by Gasteiger charge is 2.24. The maximum Gasteiger partial charge on any atom is 0.270 e. The molecule has 1 heterocycles. The topological polar surface area (TPSA) is 114 Å². The van der Waals surface area contributed by atoms with Crippen LogP contribution in [0, 0.1) is 10.1 Å². The summed E-state index contributed by atoms with van der Waals surface area (Å²) in [6, 6.07) is 36.4. The lowest BCUT2D eigenvalue weighted by atomic mass is 10.1. The Morgan fingerprint density at radius 3 is 2.39 bits per heavy atom. The van der Waals surface area contributed by atoms with E-state index in [1.165, 1.54) is 47.4 Å². The fourth-order valence-corrected chi connectivity index (χ4v) is 6.44. The Balaban J connectivity index is 1.19. The molecule has 6 rings (SSSR count). The minimum absolute atomic E-state index is 0.164. The van der Waals surface area contributed by atoms with Crippen LogP contribution in [0.25, 0.3) is 22.0 Å². The van der Waals surface area contributed by atoms with Crippen molar-refractivity contribution in [3.63, 3.8) is 0 Å². The van der Waals surface area contributed by atoms with Crippen molar-refractivity contribution in [3.8, 4) is 11.3 Å². The number of thiazole rings is 1. The highest BCUT2D eigenvalue weighted by molar-refractivity contribution is 8.00. The van der Waals surface area contributed by atoms with Gasteiger partial charge in [0.05, 0.1) is 10.6 Å². The first-order chi connectivity index (χ1) is 21.4. The van der Waals surface area contributed by atoms with Gasteiger partial charge in [-0.3, -0.25) is 19.7 Å². The van der Waals surface area contributed by atoms with Crippen molar-refractivity contribution < 1.29 is 14.5 Å². The van der Waals surface area contributed by atoms with Gasteiger partial charge in [0.25, 0.3) is 11.6 Å². The number of nitro benzene ring substituents is 1. The van der Waals surface area contributed by atoms with E-state index in [0.717, 1.165) is 32.5 Å². The van der Waals surface area contributed by atoms with Crippen LogP contribution in [-0.4, -0.2) is 21.7 Å². The summed E-state index contributed by atoms with van der Waals surface area (Å²) in [5.74, 6) is -0.703. The number of hydrogen-bond donors (Lipinski definition) is 2. The van der Waals surface area contributed by atoms with Crippen molar-refractivity contribution in [1.82, 2.24) is 4.98 Å². The Bertz CT molecular complexity index is 1990. The van der Waals surface area contributed by atoms with Gasteiger partial charge in [-0.25, -0.2) is 4.98 Å². The molecule has 10 heteroatoms. The second-order valence-electron chi connectivity index (χ2n) is 9.79. The van der Waals surface area contributed by atoms with E-state index >= 15 is 0 Å². The number of aromatic nitrogens is 1. The Morgan fingerprint density at radius 2 is 1.57 bits per heavy atom. The van der Waals surface area contributed by atoms with Gasteiger partial charge in [-0.05, 0) is 46.7 Å². The van der Waals surface area contributed by atoms with E-state index < -0.39 is 16.1 Å². The van der Waals surface area contributed by atoms with Gasteiger partial charge < -0.3 is 10.6 Å². The van der Waals surface area contributed by atoms with Gasteiger partial charge in [-0.15, -0.1) is 23.1 Å². The second-order valence-corrected chi connectivity index (χ2v) is 11.8. The first-order valence-corrected chi connectivity index (χ1v) is 15.3. The van der Waals surface area contributed by atoms with Gasteiger partial charge in [0.2, 0.25) is 5.91 Å². The number of hydrogen-bond acceptors (Lipinski definition) is 7. The fraction of sp³-hybridized carbons (Fsp3) is 0.0294. The third kappa shape index (κ3) is 6.67. The molecule has 0 saturated heterocycles. The Labute approximate surface area is 260 Å². The van der Waals surface area contributed by atoms with E-state index in [-0.39, 0.29) is 17.2 Å². The van der Waals surface area contributed by atoms with Crippen molar-refractivity contribution in [3.05, 3.63) is 148 Å². The third-order valence-corrected chi connectivity index (χ3v) is 8.79. The average Bonchev–Trinajstić information content (AvgIpc) is 3.52. The summed E-state index contributed by atoms with van der Waals surface area (Å²) in [5, 5.41) is 21.0. The molecular weight excluding hydrogens is 593 g/mol. The largest absolute Gasteiger partial charge is 0.322 e. The summed E-state index contributed by atoms with van der Waals surface area (Å²) in [6.07, 6.45) is 0. The summed E-state index contributed by atoms with van der Waals surface area (Å²) in [7, 11) is 0. The van der Waals surface area contributed by atoms with E-state index in [2.05, 4.69) is 34.9 Å². The molecule has 0 fully saturated rings. The molecule has 0 aliphatic heterocycles. The lowest BCUT2D eigenvalue weighted by Crippen LogP contribution is -2.19. The van der Waals surface area contributed by atoms with Crippen LogP contribution in [0.1, 0.15) is 21.2 Å². The number of benzene rings is 5. The van der Waals surface area contributed by atoms with Crippen molar-refractivity contribution in [2.75, 3.05) is 10.6 Å². The van der Waals surface area contributed by atoms with Gasteiger partial charge in [0, 0.05) is 39.2 Å². The molecule has 1 aromatic heterocycles. The van der Waals surface area contributed by atoms with Gasteiger partial charge in [0.15, 0.2) is 5.13 Å². The van der Waals surface area contributed by atoms with E-state index in [0.29, 0.717) is 10.8 Å². The first-order valence-electron chi connectivity index (χ1n) is 13.6. The van der Waals surface area contributed by atoms with Gasteiger partial charge in [-0.1, -0.05) is 78.9 Å². The van der Waals surface area contributed by atoms with Crippen molar-refractivity contribution >= 4 is 62.2 Å². The summed E-state index contributed by atoms with van der Waals surface area (Å²) >= 11 is 2.71. The molecule has 1 atom stereocenters. The highest BCUT2D eigenvalue weighted by atomic mass is 32.2. The summed E-state index contributed by atoms with van der Waals surface area (Å²) in [6.45, 7) is 0. The van der Waals surface area contributed by atoms with Crippen LogP contribution >= 0.6 is 23.1 Å². The van der Waals surface area contributed by atoms with Gasteiger partial charge in [0.1, 0.15) is 5.25 Å². The van der Waals surface area contributed by atoms with Crippen LogP contribution in [0.15, 0.2) is 132 Å². The van der Waals surface area contributed by atoms with E-state index in [4.69, 9.17) is 4.98 Å². The van der Waals surface area contributed by atoms with Crippen LogP contribution < -0.4 is 10.6 Å². The molecule has 5 aromatic carbocycles. The van der Waals surface area contributed by atoms with Crippen molar-refractivity contribution in [2.24, 2.45) is 0 Å². The molecule has 6 aromatic rings. The first kappa shape index (κ1) is 28.8. The van der Waals surface area contributed by atoms with E-state index in [1.807, 2.05) is 60.0 Å². The molecule has 0 aliphatic carbocycles. The van der Waals surface area contributed by atoms with Crippen LogP contribution in [0.3, 0.4) is 0 Å². The summed E-state index contributed by atoms with van der Waals surface area (Å²) < 4.78 is 0. The highest BCUT2D eigenvalue weighted by Crippen LogP contribution is 2.38. The number of thioether (sulfide) groups is 1. The van der Waals surface area contributed by atoms with Crippen LogP contribution in [0.2, 0.25) is 0 Å². The molecule has 2 N–H and O–H groups in total. The smallest absolute Gasteiger partial charge is 0.270 e. The quantitative estimate of drug-likeness (QED) is 0.0955. The zero-order valence-electron chi connectivity index (χ0n) is 23.0. The number of nitrogens with zero attached hydrogens (tertiary/aromatic N) is 2. The fourth-order valence-electron chi connectivity index (χ4n) is 4.63. The zero-order valence-corrected chi connectivity index (χ0v) is 24.7. The maximum absolute atomic E-state index is 13.7. The molecule has 44 heavy (non-hydrogen) atoms. The molecule has 0 bridgehead atoms. The minimum Gasteiger partial charge on any atom is -0.322 e. The number of carbonyl (C=O) groups excluding carboxylic acids is 2. The van der Waals surface area contributed by atoms with Crippen LogP contribution in [-0.2, 0) is 4.79 Å². The molecule has 1 unspecified atom stereocenters. The number of anilines is 2. The Kier molecular flexibility index (Phi) is 8.44. The predicted octanol–water partition coefficient (Wildman–Crippen LogP) is 8.60. The monoisotopic (exact) mass is 616 g/mol. The minimum atomic E-state index is -0.605. The predicted molar refractivity (Wildman–Crippen MR) is 176 cm³/mol. The van der Waals surface area contributed by atoms with Crippen molar-refractivity contribution in [1.29, 1.82) is 0 Å². The third-order valence-electron chi connectivity index (χ3n) is 6.79. The standard InChI is InChI=1S/C34H24N4O4S2/c39-32(26-12-6-14-28(19-26)38(41)42)35-27-13-7-15-29(20-27)44-31(23-9-2-1-3-10-23)33(40)37-34-36-30(21-43-34)25-17-16-22-8-4-5-11-24(22)18-25/h1-21,31H,(H,35,39)(H,36,37,40). The molecular formula is C34H24N4O4S2. The molecule has 0 saturated carbocycles. The normalized spacial score (nSPS) is 11.5. The number of nitro groups is 1. The molecule has 0 spiro atoms. The van der Waals surface area contributed by atoms with E-state index in [1.54, 1.807) is 18.2 Å².